The van der Waals surface area contributed by atoms with Crippen LogP contribution in [0.2, 0.25) is 0 Å². The highest BCUT2D eigenvalue weighted by molar-refractivity contribution is 5.84. The molecule has 8 heteroatoms. The van der Waals surface area contributed by atoms with Crippen LogP contribution >= 0.6 is 0 Å². The average Bonchev–Trinajstić information content (AvgIpc) is 3.33. The van der Waals surface area contributed by atoms with Crippen molar-refractivity contribution in [3.8, 4) is 16.9 Å². The summed E-state index contributed by atoms with van der Waals surface area (Å²) in [6, 6.07) is 16.0. The van der Waals surface area contributed by atoms with E-state index in [1.54, 1.807) is 6.20 Å². The first-order valence-electron chi connectivity index (χ1n) is 10.8. The zero-order chi connectivity index (χ0) is 23.6. The highest BCUT2D eigenvalue weighted by Gasteiger charge is 2.37. The molecule has 0 saturated heterocycles. The van der Waals surface area contributed by atoms with Gasteiger partial charge in [0.25, 0.3) is 0 Å². The summed E-state index contributed by atoms with van der Waals surface area (Å²) >= 11 is 0. The summed E-state index contributed by atoms with van der Waals surface area (Å²) < 4.78 is 12.5. The highest BCUT2D eigenvalue weighted by atomic mass is 16.5. The number of carbonyl (C=O) groups excluding carboxylic acids is 1. The fraction of sp³-hybridized carbons (Fsp3) is 0.320. The van der Waals surface area contributed by atoms with E-state index in [9.17, 15) is 14.7 Å². The minimum absolute atomic E-state index is 0.0348. The molecular weight excluding hydrogens is 422 g/mol. The number of ether oxygens (including phenoxy) is 2. The molecule has 1 aliphatic rings. The molecule has 4 rings (SSSR count). The van der Waals surface area contributed by atoms with Gasteiger partial charge in [0.1, 0.15) is 6.61 Å². The second-order valence-electron chi connectivity index (χ2n) is 8.63. The molecule has 1 unspecified atom stereocenters. The number of rotatable bonds is 8. The molecule has 1 amide bonds. The standard InChI is InChI=1S/C25H27N3O5/c1-16(2)33-17-12-26-28(13-17)15-25(3,23(29)30)27-24(31)32-14-22-20-10-6-4-8-18(20)19-9-5-7-11-21(19)22/h4-13,16,22H,14-15H2,1-3H3,(H,27,31)(H,29,30). The van der Waals surface area contributed by atoms with Gasteiger partial charge >= 0.3 is 12.1 Å². The van der Waals surface area contributed by atoms with Gasteiger partial charge in [-0.15, -0.1) is 0 Å². The number of benzene rings is 2. The maximum absolute atomic E-state index is 12.6. The van der Waals surface area contributed by atoms with Crippen LogP contribution in [0, 0.1) is 0 Å². The second kappa shape index (κ2) is 8.97. The van der Waals surface area contributed by atoms with E-state index < -0.39 is 17.6 Å². The number of nitrogens with one attached hydrogen (secondary N) is 1. The fourth-order valence-corrected chi connectivity index (χ4v) is 4.11. The quantitative estimate of drug-likeness (QED) is 0.538. The SMILES string of the molecule is CC(C)Oc1cnn(CC(C)(NC(=O)OCC2c3ccccc3-c3ccccc32)C(=O)O)c1. The maximum Gasteiger partial charge on any atom is 0.408 e. The molecule has 1 aromatic heterocycles. The Bertz CT molecular complexity index is 1130. The summed E-state index contributed by atoms with van der Waals surface area (Å²) in [6.45, 7) is 5.20. The van der Waals surface area contributed by atoms with Gasteiger partial charge in [0.15, 0.2) is 11.3 Å². The van der Waals surface area contributed by atoms with Crippen molar-refractivity contribution in [2.45, 2.75) is 44.9 Å². The maximum atomic E-state index is 12.6. The van der Waals surface area contributed by atoms with Crippen LogP contribution in [-0.4, -0.2) is 45.2 Å². The Morgan fingerprint density at radius 2 is 1.73 bits per heavy atom. The molecule has 3 aromatic rings. The Morgan fingerprint density at radius 3 is 2.30 bits per heavy atom. The van der Waals surface area contributed by atoms with Gasteiger partial charge in [-0.3, -0.25) is 4.68 Å². The number of hydrogen-bond acceptors (Lipinski definition) is 5. The van der Waals surface area contributed by atoms with Crippen LogP contribution in [0.1, 0.15) is 37.8 Å². The molecule has 33 heavy (non-hydrogen) atoms. The summed E-state index contributed by atoms with van der Waals surface area (Å²) in [5.74, 6) is -0.780. The van der Waals surface area contributed by atoms with E-state index in [0.29, 0.717) is 5.75 Å². The first-order valence-corrected chi connectivity index (χ1v) is 10.8. The first kappa shape index (κ1) is 22.4. The Labute approximate surface area is 192 Å². The molecular formula is C25H27N3O5. The number of aromatic nitrogens is 2. The lowest BCUT2D eigenvalue weighted by Gasteiger charge is -2.26. The second-order valence-corrected chi connectivity index (χ2v) is 8.63. The van der Waals surface area contributed by atoms with E-state index in [4.69, 9.17) is 9.47 Å². The van der Waals surface area contributed by atoms with Crippen LogP contribution in [0.25, 0.3) is 11.1 Å². The summed E-state index contributed by atoms with van der Waals surface area (Å²) in [7, 11) is 0. The lowest BCUT2D eigenvalue weighted by molar-refractivity contribution is -0.144. The Kier molecular flexibility index (Phi) is 6.09. The molecule has 0 fully saturated rings. The molecule has 8 nitrogen and oxygen atoms in total. The van der Waals surface area contributed by atoms with Crippen molar-refractivity contribution >= 4 is 12.1 Å². The number of carbonyl (C=O) groups is 2. The number of aliphatic carboxylic acids is 1. The minimum Gasteiger partial charge on any atom is -0.488 e. The van der Waals surface area contributed by atoms with Crippen molar-refractivity contribution in [3.05, 3.63) is 72.1 Å². The predicted molar refractivity (Wildman–Crippen MR) is 122 cm³/mol. The summed E-state index contributed by atoms with van der Waals surface area (Å²) in [5, 5.41) is 16.4. The summed E-state index contributed by atoms with van der Waals surface area (Å²) in [6.07, 6.45) is 2.27. The van der Waals surface area contributed by atoms with Crippen molar-refractivity contribution < 1.29 is 24.2 Å². The van der Waals surface area contributed by atoms with E-state index in [2.05, 4.69) is 22.5 Å². The van der Waals surface area contributed by atoms with Crippen LogP contribution in [0.5, 0.6) is 5.75 Å². The third-order valence-electron chi connectivity index (χ3n) is 5.65. The van der Waals surface area contributed by atoms with Crippen molar-refractivity contribution in [3.63, 3.8) is 0 Å². The molecule has 0 bridgehead atoms. The molecule has 1 heterocycles. The lowest BCUT2D eigenvalue weighted by atomic mass is 9.98. The van der Waals surface area contributed by atoms with Crippen molar-refractivity contribution in [2.24, 2.45) is 0 Å². The van der Waals surface area contributed by atoms with E-state index in [1.165, 1.54) is 17.8 Å². The Balaban J connectivity index is 1.44. The first-order chi connectivity index (χ1) is 15.8. The van der Waals surface area contributed by atoms with Gasteiger partial charge in [0.2, 0.25) is 0 Å². The van der Waals surface area contributed by atoms with Gasteiger partial charge in [0.05, 0.1) is 25.0 Å². The van der Waals surface area contributed by atoms with E-state index in [0.717, 1.165) is 22.3 Å². The van der Waals surface area contributed by atoms with Gasteiger partial charge in [-0.25, -0.2) is 9.59 Å². The molecule has 0 aliphatic heterocycles. The normalized spacial score (nSPS) is 14.3. The fourth-order valence-electron chi connectivity index (χ4n) is 4.11. The molecule has 0 saturated carbocycles. The van der Waals surface area contributed by atoms with Crippen LogP contribution in [0.4, 0.5) is 4.79 Å². The third kappa shape index (κ3) is 4.69. The number of alkyl carbamates (subject to hydrolysis) is 1. The topological polar surface area (TPSA) is 103 Å². The van der Waals surface area contributed by atoms with Crippen LogP contribution in [-0.2, 0) is 16.1 Å². The van der Waals surface area contributed by atoms with E-state index >= 15 is 0 Å². The number of hydrogen-bond donors (Lipinski definition) is 2. The lowest BCUT2D eigenvalue weighted by Crippen LogP contribution is -2.55. The molecule has 1 atom stereocenters. The predicted octanol–water partition coefficient (Wildman–Crippen LogP) is 4.05. The van der Waals surface area contributed by atoms with Gasteiger partial charge in [-0.1, -0.05) is 48.5 Å². The third-order valence-corrected chi connectivity index (χ3v) is 5.65. The number of fused-ring (bicyclic) bond motifs is 3. The van der Waals surface area contributed by atoms with Crippen molar-refractivity contribution in [1.82, 2.24) is 15.1 Å². The molecule has 2 N–H and O–H groups in total. The largest absolute Gasteiger partial charge is 0.488 e. The van der Waals surface area contributed by atoms with Crippen LogP contribution < -0.4 is 10.1 Å². The van der Waals surface area contributed by atoms with Gasteiger partial charge in [-0.2, -0.15) is 5.10 Å². The summed E-state index contributed by atoms with van der Waals surface area (Å²) in [4.78, 5) is 24.6. The van der Waals surface area contributed by atoms with E-state index in [-0.39, 0.29) is 25.2 Å². The van der Waals surface area contributed by atoms with E-state index in [1.807, 2.05) is 50.2 Å². The Hall–Kier alpha value is -3.81. The molecule has 172 valence electrons. The number of amides is 1. The molecule has 0 spiro atoms. The minimum atomic E-state index is -1.62. The molecule has 1 aliphatic carbocycles. The smallest absolute Gasteiger partial charge is 0.408 e. The zero-order valence-electron chi connectivity index (χ0n) is 18.8. The number of nitrogens with zero attached hydrogens (tertiary/aromatic N) is 2. The monoisotopic (exact) mass is 449 g/mol. The van der Waals surface area contributed by atoms with Crippen molar-refractivity contribution in [2.75, 3.05) is 6.61 Å². The van der Waals surface area contributed by atoms with Crippen molar-refractivity contribution in [1.29, 1.82) is 0 Å². The summed E-state index contributed by atoms with van der Waals surface area (Å²) in [5.41, 5.74) is 2.79. The van der Waals surface area contributed by atoms with Gasteiger partial charge in [-0.05, 0) is 43.0 Å². The number of carboxylic acid groups (broad SMARTS) is 1. The van der Waals surface area contributed by atoms with Gasteiger partial charge < -0.3 is 19.9 Å². The average molecular weight is 450 g/mol. The van der Waals surface area contributed by atoms with Crippen LogP contribution in [0.3, 0.4) is 0 Å². The van der Waals surface area contributed by atoms with Crippen LogP contribution in [0.15, 0.2) is 60.9 Å². The Morgan fingerprint density at radius 1 is 1.12 bits per heavy atom. The number of carboxylic acids is 1. The molecule has 0 radical (unpaired) electrons. The van der Waals surface area contributed by atoms with Gasteiger partial charge in [0, 0.05) is 5.92 Å². The zero-order valence-corrected chi connectivity index (χ0v) is 18.8. The molecule has 2 aromatic carbocycles. The highest BCUT2D eigenvalue weighted by Crippen LogP contribution is 2.44.